The fourth-order valence-corrected chi connectivity index (χ4v) is 8.29. The van der Waals surface area contributed by atoms with E-state index >= 15 is 0 Å². The average molecular weight is 845 g/mol. The van der Waals surface area contributed by atoms with Gasteiger partial charge >= 0.3 is 12.1 Å². The first-order chi connectivity index (χ1) is 28.9. The number of aryl methyl sites for hydroxylation is 3. The van der Waals surface area contributed by atoms with E-state index in [2.05, 4.69) is 15.4 Å². The number of aromatic nitrogens is 4. The minimum Gasteiger partial charge on any atom is -0.458 e. The van der Waals surface area contributed by atoms with Crippen LogP contribution in [0.5, 0.6) is 0 Å². The number of hydrogen-bond donors (Lipinski definition) is 2. The average Bonchev–Trinajstić information content (AvgIpc) is 3.69. The number of nitrogens with zero attached hydrogens (tertiary/aromatic N) is 6. The van der Waals surface area contributed by atoms with Gasteiger partial charge in [-0.25, -0.2) is 33.0 Å². The number of hydrogen-bond acceptors (Lipinski definition) is 11. The molecule has 1 atom stereocenters. The second-order valence-corrected chi connectivity index (χ2v) is 17.5. The standard InChI is InChI=1S/C45H48N8O7S/c1-27-16-17-30(25-39(27)61(46,57)58)53(43-47-23-22-40(49-43)51(6)29-18-19-31-28(2)52(7)50-38(31)24-29)41(54)21-20-37(42(55)60-45(3,4)5)48-44(56)59-26-36-34-14-10-8-12-32(34)33-13-9-11-15-35(33)36/h8-19,22-25,36-37H,20-21,26H2,1-7H3,(H,48,56)(H2,46,57,58)/t37-/m0/s1. The largest absolute Gasteiger partial charge is 0.458 e. The molecule has 1 aliphatic carbocycles. The molecule has 2 amide bonds. The summed E-state index contributed by atoms with van der Waals surface area (Å²) in [7, 11) is -0.522. The van der Waals surface area contributed by atoms with Gasteiger partial charge in [0.1, 0.15) is 24.1 Å². The Balaban J connectivity index is 1.15. The molecule has 7 rings (SSSR count). The van der Waals surface area contributed by atoms with E-state index in [0.29, 0.717) is 11.4 Å². The number of nitrogens with two attached hydrogens (primary N) is 1. The van der Waals surface area contributed by atoms with Crippen LogP contribution < -0.4 is 20.3 Å². The van der Waals surface area contributed by atoms with Crippen LogP contribution in [0.3, 0.4) is 0 Å². The Morgan fingerprint density at radius 1 is 0.918 bits per heavy atom. The third-order valence-corrected chi connectivity index (χ3v) is 11.7. The summed E-state index contributed by atoms with van der Waals surface area (Å²) in [5.41, 5.74) is 6.30. The molecular weight excluding hydrogens is 797 g/mol. The molecule has 16 heteroatoms. The van der Waals surface area contributed by atoms with Gasteiger partial charge in [-0.3, -0.25) is 9.48 Å². The predicted octanol–water partition coefficient (Wildman–Crippen LogP) is 7.09. The van der Waals surface area contributed by atoms with Gasteiger partial charge in [-0.05, 0) is 105 Å². The van der Waals surface area contributed by atoms with Crippen LogP contribution in [0.15, 0.2) is 102 Å². The second kappa shape index (κ2) is 16.8. The summed E-state index contributed by atoms with van der Waals surface area (Å²) in [6.45, 7) is 8.66. The van der Waals surface area contributed by atoms with Crippen molar-refractivity contribution in [2.24, 2.45) is 12.2 Å². The highest BCUT2D eigenvalue weighted by Gasteiger charge is 2.33. The summed E-state index contributed by atoms with van der Waals surface area (Å²) in [4.78, 5) is 53.5. The lowest BCUT2D eigenvalue weighted by molar-refractivity contribution is -0.157. The number of alkyl carbamates (subject to hydrolysis) is 1. The van der Waals surface area contributed by atoms with Crippen molar-refractivity contribution in [2.45, 2.75) is 69.9 Å². The maximum Gasteiger partial charge on any atom is 0.407 e. The molecule has 0 fully saturated rings. The van der Waals surface area contributed by atoms with Crippen LogP contribution >= 0.6 is 0 Å². The van der Waals surface area contributed by atoms with Crippen LogP contribution in [-0.4, -0.2) is 71.4 Å². The van der Waals surface area contributed by atoms with E-state index in [1.807, 2.05) is 80.7 Å². The Morgan fingerprint density at radius 3 is 2.23 bits per heavy atom. The number of ether oxygens (including phenoxy) is 2. The van der Waals surface area contributed by atoms with Gasteiger partial charge in [0.05, 0.1) is 16.1 Å². The Labute approximate surface area is 354 Å². The van der Waals surface area contributed by atoms with E-state index < -0.39 is 39.6 Å². The smallest absolute Gasteiger partial charge is 0.407 e. The summed E-state index contributed by atoms with van der Waals surface area (Å²) < 4.78 is 38.5. The van der Waals surface area contributed by atoms with E-state index in [0.717, 1.165) is 49.4 Å². The maximum atomic E-state index is 14.5. The quantitative estimate of drug-likeness (QED) is 0.120. The normalized spacial score (nSPS) is 13.0. The third kappa shape index (κ3) is 9.10. The number of fused-ring (bicyclic) bond motifs is 4. The van der Waals surface area contributed by atoms with Crippen molar-refractivity contribution < 1.29 is 32.3 Å². The summed E-state index contributed by atoms with van der Waals surface area (Å²) in [5.74, 6) is -1.27. The minimum absolute atomic E-state index is 0.00486. The lowest BCUT2D eigenvalue weighted by Crippen LogP contribution is -2.45. The van der Waals surface area contributed by atoms with Gasteiger partial charge in [0.15, 0.2) is 0 Å². The lowest BCUT2D eigenvalue weighted by Gasteiger charge is -2.26. The first-order valence-electron chi connectivity index (χ1n) is 19.7. The zero-order valence-corrected chi connectivity index (χ0v) is 35.9. The Bertz CT molecular complexity index is 2740. The number of nitrogens with one attached hydrogen (secondary N) is 1. The fourth-order valence-electron chi connectivity index (χ4n) is 7.48. The predicted molar refractivity (Wildman–Crippen MR) is 232 cm³/mol. The van der Waals surface area contributed by atoms with Gasteiger partial charge in [-0.15, -0.1) is 0 Å². The summed E-state index contributed by atoms with van der Waals surface area (Å²) in [6.07, 6.45) is 0.0578. The molecular formula is C45H48N8O7S. The Hall–Kier alpha value is -6.65. The van der Waals surface area contributed by atoms with Gasteiger partial charge < -0.3 is 19.7 Å². The Kier molecular flexibility index (Phi) is 11.7. The lowest BCUT2D eigenvalue weighted by atomic mass is 9.98. The molecule has 0 unspecified atom stereocenters. The molecule has 2 aromatic heterocycles. The van der Waals surface area contributed by atoms with Crippen LogP contribution in [-0.2, 0) is 36.1 Å². The van der Waals surface area contributed by atoms with Crippen molar-refractivity contribution >= 4 is 62.0 Å². The first-order valence-corrected chi connectivity index (χ1v) is 21.2. The van der Waals surface area contributed by atoms with E-state index in [4.69, 9.17) is 19.6 Å². The van der Waals surface area contributed by atoms with Crippen molar-refractivity contribution in [2.75, 3.05) is 23.5 Å². The number of sulfonamides is 1. The molecule has 3 N–H and O–H groups in total. The van der Waals surface area contributed by atoms with Gasteiger partial charge in [-0.2, -0.15) is 10.1 Å². The van der Waals surface area contributed by atoms with Crippen molar-refractivity contribution in [3.05, 3.63) is 120 Å². The van der Waals surface area contributed by atoms with Crippen LogP contribution in [0.25, 0.3) is 22.0 Å². The van der Waals surface area contributed by atoms with E-state index in [9.17, 15) is 22.8 Å². The molecule has 0 radical (unpaired) electrons. The summed E-state index contributed by atoms with van der Waals surface area (Å²) in [6, 6.07) is 26.4. The van der Waals surface area contributed by atoms with Crippen LogP contribution in [0, 0.1) is 13.8 Å². The minimum atomic E-state index is -4.20. The fraction of sp³-hybridized carbons (Fsp3) is 0.289. The molecule has 0 saturated carbocycles. The van der Waals surface area contributed by atoms with Gasteiger partial charge in [0.2, 0.25) is 21.9 Å². The zero-order chi connectivity index (χ0) is 43.8. The zero-order valence-electron chi connectivity index (χ0n) is 35.0. The number of benzene rings is 4. The second-order valence-electron chi connectivity index (χ2n) is 16.0. The van der Waals surface area contributed by atoms with Crippen LogP contribution in [0.1, 0.15) is 61.9 Å². The summed E-state index contributed by atoms with van der Waals surface area (Å²) >= 11 is 0. The number of primary sulfonamides is 1. The van der Waals surface area contributed by atoms with E-state index in [1.54, 1.807) is 56.5 Å². The van der Waals surface area contributed by atoms with Crippen molar-refractivity contribution in [3.8, 4) is 11.1 Å². The molecule has 0 spiro atoms. The molecule has 15 nitrogen and oxygen atoms in total. The molecule has 1 aliphatic rings. The Morgan fingerprint density at radius 2 is 1.57 bits per heavy atom. The molecule has 4 aromatic carbocycles. The van der Waals surface area contributed by atoms with Crippen molar-refractivity contribution in [1.82, 2.24) is 25.1 Å². The highest BCUT2D eigenvalue weighted by atomic mass is 32.2. The third-order valence-electron chi connectivity index (χ3n) is 10.6. The number of esters is 1. The van der Waals surface area contributed by atoms with E-state index in [1.165, 1.54) is 18.3 Å². The van der Waals surface area contributed by atoms with Gasteiger partial charge in [0.25, 0.3) is 0 Å². The summed E-state index contributed by atoms with van der Waals surface area (Å²) in [5, 5.41) is 13.8. The SMILES string of the molecule is Cc1ccc(N(C(=O)CC[C@H](NC(=O)OCC2c3ccccc3-c3ccccc32)C(=O)OC(C)(C)C)c2nccc(N(C)c3ccc4c(C)n(C)nc4c3)n2)cc1S(N)(=O)=O. The van der Waals surface area contributed by atoms with E-state index in [-0.39, 0.29) is 41.9 Å². The molecule has 316 valence electrons. The topological polar surface area (TPSA) is 192 Å². The van der Waals surface area contributed by atoms with Crippen LogP contribution in [0.2, 0.25) is 0 Å². The monoisotopic (exact) mass is 844 g/mol. The van der Waals surface area contributed by atoms with Crippen molar-refractivity contribution in [1.29, 1.82) is 0 Å². The molecule has 0 aliphatic heterocycles. The van der Waals surface area contributed by atoms with Gasteiger partial charge in [0, 0.05) is 49.4 Å². The molecule has 6 aromatic rings. The number of rotatable bonds is 12. The number of carbonyl (C=O) groups is 3. The maximum absolute atomic E-state index is 14.5. The first kappa shape index (κ1) is 42.5. The highest BCUT2D eigenvalue weighted by molar-refractivity contribution is 7.89. The molecule has 61 heavy (non-hydrogen) atoms. The van der Waals surface area contributed by atoms with Crippen molar-refractivity contribution in [3.63, 3.8) is 0 Å². The molecule has 0 bridgehead atoms. The van der Waals surface area contributed by atoms with Crippen LogP contribution in [0.4, 0.5) is 27.9 Å². The number of anilines is 4. The number of carbonyl (C=O) groups excluding carboxylic acids is 3. The number of amides is 2. The molecule has 2 heterocycles. The highest BCUT2D eigenvalue weighted by Crippen LogP contribution is 2.44. The molecule has 0 saturated heterocycles. The van der Waals surface area contributed by atoms with Gasteiger partial charge in [-0.1, -0.05) is 54.6 Å².